The second-order valence-corrected chi connectivity index (χ2v) is 3.41. The van der Waals surface area contributed by atoms with Crippen molar-refractivity contribution in [3.63, 3.8) is 0 Å². The summed E-state index contributed by atoms with van der Waals surface area (Å²) in [6.07, 6.45) is 0.722. The van der Waals surface area contributed by atoms with E-state index in [2.05, 4.69) is 11.4 Å². The van der Waals surface area contributed by atoms with Gasteiger partial charge in [-0.2, -0.15) is 5.26 Å². The summed E-state index contributed by atoms with van der Waals surface area (Å²) in [7, 11) is 0. The molecule has 0 saturated carbocycles. The smallest absolute Gasteiger partial charge is 0.236 e. The Kier molecular flexibility index (Phi) is 3.86. The van der Waals surface area contributed by atoms with E-state index < -0.39 is 0 Å². The first kappa shape index (κ1) is 11.0. The summed E-state index contributed by atoms with van der Waals surface area (Å²) in [6, 6.07) is 1.66. The molecule has 0 aromatic heterocycles. The first-order valence-electron chi connectivity index (χ1n) is 4.86. The van der Waals surface area contributed by atoms with E-state index in [1.807, 2.05) is 11.8 Å². The van der Waals surface area contributed by atoms with Crippen LogP contribution in [0.5, 0.6) is 0 Å². The van der Waals surface area contributed by atoms with E-state index in [9.17, 15) is 4.79 Å². The summed E-state index contributed by atoms with van der Waals surface area (Å²) in [6.45, 7) is 4.00. The molecule has 2 unspecified atom stereocenters. The van der Waals surface area contributed by atoms with Crippen molar-refractivity contribution >= 4 is 5.91 Å². The average Bonchev–Trinajstić information content (AvgIpc) is 2.20. The number of carbonyl (C=O) groups is 1. The van der Waals surface area contributed by atoms with Crippen molar-refractivity contribution in [3.8, 4) is 6.07 Å². The van der Waals surface area contributed by atoms with Crippen LogP contribution in [0.4, 0.5) is 0 Å². The molecule has 0 aliphatic carbocycles. The average molecular weight is 196 g/mol. The van der Waals surface area contributed by atoms with Crippen LogP contribution in [0, 0.1) is 11.3 Å². The summed E-state index contributed by atoms with van der Waals surface area (Å²) in [5, 5.41) is 12.0. The lowest BCUT2D eigenvalue weighted by Crippen LogP contribution is -2.59. The number of nitriles is 1. The zero-order chi connectivity index (χ0) is 10.6. The normalized spacial score (nSPS) is 25.3. The lowest BCUT2D eigenvalue weighted by molar-refractivity contribution is -0.124. The number of primary amides is 1. The Morgan fingerprint density at radius 2 is 2.57 bits per heavy atom. The molecule has 1 aliphatic rings. The van der Waals surface area contributed by atoms with Crippen LogP contribution in [0.3, 0.4) is 0 Å². The summed E-state index contributed by atoms with van der Waals surface area (Å²) in [5.74, 6) is -0.356. The minimum atomic E-state index is -0.356. The Balaban J connectivity index is 2.72. The van der Waals surface area contributed by atoms with Crippen LogP contribution in [-0.4, -0.2) is 42.5 Å². The van der Waals surface area contributed by atoms with Gasteiger partial charge in [0.05, 0.1) is 12.1 Å². The molecule has 78 valence electrons. The Morgan fingerprint density at radius 3 is 3.07 bits per heavy atom. The number of nitrogens with zero attached hydrogens (tertiary/aromatic N) is 2. The number of nitrogens with one attached hydrogen (secondary N) is 1. The number of rotatable bonds is 3. The first-order chi connectivity index (χ1) is 6.70. The third-order valence-electron chi connectivity index (χ3n) is 2.55. The number of hydrogen-bond acceptors (Lipinski definition) is 4. The zero-order valence-electron chi connectivity index (χ0n) is 8.36. The highest BCUT2D eigenvalue weighted by atomic mass is 16.1. The highest BCUT2D eigenvalue weighted by Crippen LogP contribution is 2.10. The van der Waals surface area contributed by atoms with E-state index in [-0.39, 0.29) is 18.0 Å². The highest BCUT2D eigenvalue weighted by Gasteiger charge is 2.31. The minimum absolute atomic E-state index is 0.199. The summed E-state index contributed by atoms with van der Waals surface area (Å²) in [4.78, 5) is 13.0. The second-order valence-electron chi connectivity index (χ2n) is 3.41. The highest BCUT2D eigenvalue weighted by molar-refractivity contribution is 5.80. The Labute approximate surface area is 83.9 Å². The molecule has 1 fully saturated rings. The molecule has 0 aromatic rings. The zero-order valence-corrected chi connectivity index (χ0v) is 8.36. The first-order valence-corrected chi connectivity index (χ1v) is 4.86. The van der Waals surface area contributed by atoms with Crippen molar-refractivity contribution < 1.29 is 4.79 Å². The van der Waals surface area contributed by atoms with Gasteiger partial charge in [0.1, 0.15) is 6.04 Å². The van der Waals surface area contributed by atoms with E-state index in [0.717, 1.165) is 13.0 Å². The molecule has 0 bridgehead atoms. The molecule has 1 aliphatic heterocycles. The lowest BCUT2D eigenvalue weighted by Gasteiger charge is -2.36. The van der Waals surface area contributed by atoms with Crippen LogP contribution in [0.15, 0.2) is 0 Å². The molecule has 5 heteroatoms. The van der Waals surface area contributed by atoms with Gasteiger partial charge >= 0.3 is 0 Å². The van der Waals surface area contributed by atoms with E-state index >= 15 is 0 Å². The van der Waals surface area contributed by atoms with Crippen molar-refractivity contribution in [3.05, 3.63) is 0 Å². The number of carbonyl (C=O) groups excluding carboxylic acids is 1. The van der Waals surface area contributed by atoms with E-state index in [1.54, 1.807) is 0 Å². The van der Waals surface area contributed by atoms with Crippen molar-refractivity contribution in [1.29, 1.82) is 5.26 Å². The van der Waals surface area contributed by atoms with Crippen molar-refractivity contribution in [1.82, 2.24) is 10.2 Å². The quantitative estimate of drug-likeness (QED) is 0.609. The van der Waals surface area contributed by atoms with Gasteiger partial charge in [-0.15, -0.1) is 0 Å². The van der Waals surface area contributed by atoms with Crippen molar-refractivity contribution in [2.24, 2.45) is 5.73 Å². The van der Waals surface area contributed by atoms with Gasteiger partial charge in [0.15, 0.2) is 0 Å². The maximum atomic E-state index is 11.1. The van der Waals surface area contributed by atoms with Gasteiger partial charge in [-0.05, 0) is 6.42 Å². The van der Waals surface area contributed by atoms with Gasteiger partial charge in [0, 0.05) is 19.6 Å². The van der Waals surface area contributed by atoms with Gasteiger partial charge in [0.25, 0.3) is 0 Å². The van der Waals surface area contributed by atoms with E-state index in [1.165, 1.54) is 0 Å². The third kappa shape index (κ3) is 2.22. The number of nitrogens with two attached hydrogens (primary N) is 1. The Bertz CT molecular complexity index is 248. The van der Waals surface area contributed by atoms with Crippen molar-refractivity contribution in [2.45, 2.75) is 25.4 Å². The van der Waals surface area contributed by atoms with E-state index in [4.69, 9.17) is 11.0 Å². The molecule has 1 rings (SSSR count). The molecular weight excluding hydrogens is 180 g/mol. The molecule has 3 N–H and O–H groups in total. The molecule has 0 spiro atoms. The molecule has 2 atom stereocenters. The second kappa shape index (κ2) is 4.94. The number of hydrogen-bond donors (Lipinski definition) is 2. The summed E-state index contributed by atoms with van der Waals surface area (Å²) in [5.41, 5.74) is 5.27. The molecule has 1 heterocycles. The Hall–Kier alpha value is -1.12. The fourth-order valence-electron chi connectivity index (χ4n) is 1.76. The number of amides is 1. The minimum Gasteiger partial charge on any atom is -0.368 e. The van der Waals surface area contributed by atoms with Crippen LogP contribution < -0.4 is 11.1 Å². The van der Waals surface area contributed by atoms with Crippen LogP contribution in [0.1, 0.15) is 13.3 Å². The Morgan fingerprint density at radius 1 is 1.86 bits per heavy atom. The fourth-order valence-corrected chi connectivity index (χ4v) is 1.76. The lowest BCUT2D eigenvalue weighted by atomic mass is 10.1. The predicted molar refractivity (Wildman–Crippen MR) is 52.3 cm³/mol. The fraction of sp³-hybridized carbons (Fsp3) is 0.778. The van der Waals surface area contributed by atoms with Crippen LogP contribution >= 0.6 is 0 Å². The SMILES string of the molecule is CCC(C#N)N1CCNCC1C(N)=O. The van der Waals surface area contributed by atoms with Gasteiger partial charge in [-0.1, -0.05) is 6.92 Å². The molecule has 1 saturated heterocycles. The van der Waals surface area contributed by atoms with Gasteiger partial charge in [-0.25, -0.2) is 0 Å². The molecular formula is C9H16N4O. The topological polar surface area (TPSA) is 82.2 Å². The maximum Gasteiger partial charge on any atom is 0.236 e. The molecule has 0 radical (unpaired) electrons. The maximum absolute atomic E-state index is 11.1. The van der Waals surface area contributed by atoms with Gasteiger partial charge in [0.2, 0.25) is 5.91 Å². The van der Waals surface area contributed by atoms with Gasteiger partial charge in [-0.3, -0.25) is 9.69 Å². The summed E-state index contributed by atoms with van der Waals surface area (Å²) >= 11 is 0. The van der Waals surface area contributed by atoms with Crippen LogP contribution in [0.2, 0.25) is 0 Å². The molecule has 1 amide bonds. The molecule has 0 aromatic carbocycles. The monoisotopic (exact) mass is 196 g/mol. The standard InChI is InChI=1S/C9H16N4O/c1-2-7(5-10)13-4-3-12-6-8(13)9(11)14/h7-8,12H,2-4,6H2,1H3,(H2,11,14). The molecule has 5 nitrogen and oxygen atoms in total. The van der Waals surface area contributed by atoms with Crippen LogP contribution in [0.25, 0.3) is 0 Å². The number of piperazine rings is 1. The third-order valence-corrected chi connectivity index (χ3v) is 2.55. The summed E-state index contributed by atoms with van der Waals surface area (Å²) < 4.78 is 0. The van der Waals surface area contributed by atoms with Gasteiger partial charge < -0.3 is 11.1 Å². The largest absolute Gasteiger partial charge is 0.368 e. The molecule has 14 heavy (non-hydrogen) atoms. The van der Waals surface area contributed by atoms with E-state index in [0.29, 0.717) is 13.1 Å². The predicted octanol–water partition coefficient (Wildman–Crippen LogP) is -0.952. The van der Waals surface area contributed by atoms with Crippen LogP contribution in [-0.2, 0) is 4.79 Å². The van der Waals surface area contributed by atoms with Crippen molar-refractivity contribution in [2.75, 3.05) is 19.6 Å².